The second-order valence-corrected chi connectivity index (χ2v) is 3.42. The summed E-state index contributed by atoms with van der Waals surface area (Å²) in [7, 11) is 0. The molecule has 2 rings (SSSR count). The number of nitrogens with zero attached hydrogens (tertiary/aromatic N) is 1. The fraction of sp³-hybridized carbons (Fsp3) is 0.154. The lowest BCUT2D eigenvalue weighted by molar-refractivity contribution is 0.298. The van der Waals surface area contributed by atoms with Crippen LogP contribution in [0.15, 0.2) is 48.7 Å². The van der Waals surface area contributed by atoms with Crippen LogP contribution in [0.2, 0.25) is 0 Å². The van der Waals surface area contributed by atoms with Gasteiger partial charge in [-0.25, -0.2) is 0 Å². The summed E-state index contributed by atoms with van der Waals surface area (Å²) in [6, 6.07) is 13.5. The van der Waals surface area contributed by atoms with Crippen LogP contribution in [0.1, 0.15) is 11.3 Å². The molecule has 0 amide bonds. The van der Waals surface area contributed by atoms with E-state index in [0.717, 1.165) is 17.0 Å². The minimum atomic E-state index is 0.470. The Morgan fingerprint density at radius 3 is 2.62 bits per heavy atom. The number of ether oxygens (including phenoxy) is 1. The van der Waals surface area contributed by atoms with Crippen molar-refractivity contribution < 1.29 is 4.74 Å². The normalized spacial score (nSPS) is 10.1. The summed E-state index contributed by atoms with van der Waals surface area (Å²) in [5.74, 6) is 0.829. The summed E-state index contributed by atoms with van der Waals surface area (Å²) < 4.78 is 5.67. The SMILES string of the molecule is NCc1ccccc1OCc1ccccn1. The first kappa shape index (κ1) is 10.6. The molecule has 16 heavy (non-hydrogen) atoms. The van der Waals surface area contributed by atoms with E-state index >= 15 is 0 Å². The van der Waals surface area contributed by atoms with Gasteiger partial charge in [0, 0.05) is 18.3 Å². The van der Waals surface area contributed by atoms with Gasteiger partial charge >= 0.3 is 0 Å². The van der Waals surface area contributed by atoms with E-state index in [1.807, 2.05) is 42.5 Å². The van der Waals surface area contributed by atoms with E-state index in [1.165, 1.54) is 0 Å². The van der Waals surface area contributed by atoms with Crippen molar-refractivity contribution in [3.05, 3.63) is 59.9 Å². The fourth-order valence-electron chi connectivity index (χ4n) is 1.45. The molecule has 0 atom stereocenters. The van der Waals surface area contributed by atoms with E-state index in [2.05, 4.69) is 4.98 Å². The minimum Gasteiger partial charge on any atom is -0.487 e. The minimum absolute atomic E-state index is 0.470. The fourth-order valence-corrected chi connectivity index (χ4v) is 1.45. The molecule has 82 valence electrons. The van der Waals surface area contributed by atoms with Crippen LogP contribution in [0, 0.1) is 0 Å². The molecule has 0 spiro atoms. The zero-order chi connectivity index (χ0) is 11.2. The van der Waals surface area contributed by atoms with Crippen molar-refractivity contribution in [2.45, 2.75) is 13.2 Å². The Kier molecular flexibility index (Phi) is 3.51. The predicted octanol–water partition coefficient (Wildman–Crippen LogP) is 2.12. The van der Waals surface area contributed by atoms with Gasteiger partial charge < -0.3 is 10.5 Å². The molecule has 0 radical (unpaired) electrons. The number of pyridine rings is 1. The smallest absolute Gasteiger partial charge is 0.130 e. The van der Waals surface area contributed by atoms with Crippen molar-refractivity contribution in [1.82, 2.24) is 4.98 Å². The average molecular weight is 214 g/mol. The molecular formula is C13H14N2O. The molecule has 0 saturated carbocycles. The van der Waals surface area contributed by atoms with Crippen LogP contribution in [-0.2, 0) is 13.2 Å². The maximum absolute atomic E-state index is 5.67. The first-order valence-corrected chi connectivity index (χ1v) is 5.21. The topological polar surface area (TPSA) is 48.1 Å². The molecule has 0 saturated heterocycles. The Morgan fingerprint density at radius 2 is 1.88 bits per heavy atom. The molecular weight excluding hydrogens is 200 g/mol. The third-order valence-corrected chi connectivity index (χ3v) is 2.29. The third kappa shape index (κ3) is 2.58. The van der Waals surface area contributed by atoms with Crippen molar-refractivity contribution in [3.8, 4) is 5.75 Å². The van der Waals surface area contributed by atoms with Crippen LogP contribution in [0.5, 0.6) is 5.75 Å². The predicted molar refractivity (Wildman–Crippen MR) is 62.9 cm³/mol. The number of nitrogens with two attached hydrogens (primary N) is 1. The second kappa shape index (κ2) is 5.28. The summed E-state index contributed by atoms with van der Waals surface area (Å²) in [5.41, 5.74) is 7.55. The van der Waals surface area contributed by atoms with Gasteiger partial charge in [0.25, 0.3) is 0 Å². The number of benzene rings is 1. The molecule has 3 nitrogen and oxygen atoms in total. The number of rotatable bonds is 4. The Bertz CT molecular complexity index is 443. The standard InChI is InChI=1S/C13H14N2O/c14-9-11-5-1-2-7-13(11)16-10-12-6-3-4-8-15-12/h1-8H,9-10,14H2. The lowest BCUT2D eigenvalue weighted by Gasteiger charge is -2.09. The van der Waals surface area contributed by atoms with Gasteiger partial charge in [-0.3, -0.25) is 4.98 Å². The highest BCUT2D eigenvalue weighted by molar-refractivity contribution is 5.33. The molecule has 3 heteroatoms. The summed E-state index contributed by atoms with van der Waals surface area (Å²) >= 11 is 0. The van der Waals surface area contributed by atoms with Gasteiger partial charge in [-0.15, -0.1) is 0 Å². The summed E-state index contributed by atoms with van der Waals surface area (Å²) in [6.45, 7) is 0.955. The molecule has 1 heterocycles. The molecule has 0 aliphatic heterocycles. The zero-order valence-electron chi connectivity index (χ0n) is 8.97. The van der Waals surface area contributed by atoms with Crippen LogP contribution in [0.4, 0.5) is 0 Å². The van der Waals surface area contributed by atoms with Gasteiger partial charge in [-0.2, -0.15) is 0 Å². The van der Waals surface area contributed by atoms with Crippen molar-refractivity contribution in [3.63, 3.8) is 0 Å². The Morgan fingerprint density at radius 1 is 1.06 bits per heavy atom. The van der Waals surface area contributed by atoms with E-state index in [0.29, 0.717) is 13.2 Å². The summed E-state index contributed by atoms with van der Waals surface area (Å²) in [4.78, 5) is 4.19. The molecule has 0 aliphatic carbocycles. The van der Waals surface area contributed by atoms with E-state index < -0.39 is 0 Å². The summed E-state index contributed by atoms with van der Waals surface area (Å²) in [6.07, 6.45) is 1.76. The molecule has 1 aromatic heterocycles. The van der Waals surface area contributed by atoms with Crippen LogP contribution in [-0.4, -0.2) is 4.98 Å². The van der Waals surface area contributed by atoms with E-state index in [9.17, 15) is 0 Å². The number of hydrogen-bond acceptors (Lipinski definition) is 3. The van der Waals surface area contributed by atoms with Gasteiger partial charge in [0.05, 0.1) is 5.69 Å². The Labute approximate surface area is 94.9 Å². The van der Waals surface area contributed by atoms with Crippen molar-refractivity contribution >= 4 is 0 Å². The molecule has 0 fully saturated rings. The number of aromatic nitrogens is 1. The quantitative estimate of drug-likeness (QED) is 0.848. The van der Waals surface area contributed by atoms with Gasteiger partial charge in [0.1, 0.15) is 12.4 Å². The highest BCUT2D eigenvalue weighted by Crippen LogP contribution is 2.18. The van der Waals surface area contributed by atoms with Crippen molar-refractivity contribution in [1.29, 1.82) is 0 Å². The highest BCUT2D eigenvalue weighted by Gasteiger charge is 2.01. The lowest BCUT2D eigenvalue weighted by Crippen LogP contribution is -2.03. The van der Waals surface area contributed by atoms with Gasteiger partial charge in [-0.1, -0.05) is 24.3 Å². The van der Waals surface area contributed by atoms with E-state index in [4.69, 9.17) is 10.5 Å². The second-order valence-electron chi connectivity index (χ2n) is 3.42. The van der Waals surface area contributed by atoms with Gasteiger partial charge in [0.2, 0.25) is 0 Å². The van der Waals surface area contributed by atoms with Crippen LogP contribution >= 0.6 is 0 Å². The molecule has 0 unspecified atom stereocenters. The lowest BCUT2D eigenvalue weighted by atomic mass is 10.2. The van der Waals surface area contributed by atoms with Crippen molar-refractivity contribution in [2.75, 3.05) is 0 Å². The molecule has 1 aromatic carbocycles. The largest absolute Gasteiger partial charge is 0.487 e. The Hall–Kier alpha value is -1.87. The number of para-hydroxylation sites is 1. The Balaban J connectivity index is 2.05. The average Bonchev–Trinajstić information content (AvgIpc) is 2.38. The van der Waals surface area contributed by atoms with Crippen LogP contribution < -0.4 is 10.5 Å². The summed E-state index contributed by atoms with van der Waals surface area (Å²) in [5, 5.41) is 0. The van der Waals surface area contributed by atoms with E-state index in [-0.39, 0.29) is 0 Å². The van der Waals surface area contributed by atoms with Crippen LogP contribution in [0.3, 0.4) is 0 Å². The van der Waals surface area contributed by atoms with Crippen LogP contribution in [0.25, 0.3) is 0 Å². The highest BCUT2D eigenvalue weighted by atomic mass is 16.5. The third-order valence-electron chi connectivity index (χ3n) is 2.29. The number of hydrogen-bond donors (Lipinski definition) is 1. The maximum Gasteiger partial charge on any atom is 0.130 e. The maximum atomic E-state index is 5.67. The molecule has 2 N–H and O–H groups in total. The van der Waals surface area contributed by atoms with E-state index in [1.54, 1.807) is 6.20 Å². The zero-order valence-corrected chi connectivity index (χ0v) is 8.97. The first-order chi connectivity index (χ1) is 7.90. The monoisotopic (exact) mass is 214 g/mol. The van der Waals surface area contributed by atoms with Crippen molar-refractivity contribution in [2.24, 2.45) is 5.73 Å². The molecule has 0 aliphatic rings. The van der Waals surface area contributed by atoms with Gasteiger partial charge in [0.15, 0.2) is 0 Å². The molecule has 2 aromatic rings. The van der Waals surface area contributed by atoms with Gasteiger partial charge in [-0.05, 0) is 18.2 Å². The molecule has 0 bridgehead atoms. The first-order valence-electron chi connectivity index (χ1n) is 5.21.